The number of rotatable bonds is 3. The Hall–Kier alpha value is -5.71. The van der Waals surface area contributed by atoms with Crippen LogP contribution >= 0.6 is 11.3 Å². The van der Waals surface area contributed by atoms with Gasteiger partial charge in [-0.1, -0.05) is 141 Å². The molecule has 248 valence electrons. The molecule has 0 aliphatic heterocycles. The highest BCUT2D eigenvalue weighted by atomic mass is 32.1. The van der Waals surface area contributed by atoms with Gasteiger partial charge in [-0.3, -0.25) is 0 Å². The molecule has 0 bridgehead atoms. The Kier molecular flexibility index (Phi) is 6.42. The van der Waals surface area contributed by atoms with Crippen LogP contribution in [0.2, 0.25) is 0 Å². The number of allylic oxidation sites excluding steroid dienone is 8. The molecule has 4 aliphatic carbocycles. The van der Waals surface area contributed by atoms with E-state index < -0.39 is 5.41 Å². The van der Waals surface area contributed by atoms with E-state index in [1.807, 2.05) is 17.4 Å². The van der Waals surface area contributed by atoms with E-state index in [2.05, 4.69) is 147 Å². The first-order chi connectivity index (χ1) is 25.6. The van der Waals surface area contributed by atoms with Gasteiger partial charge in [0.2, 0.25) is 0 Å². The maximum absolute atomic E-state index is 5.23. The lowest BCUT2D eigenvalue weighted by molar-refractivity contribution is 0.631. The third-order valence-electron chi connectivity index (χ3n) is 11.7. The molecule has 1 spiro atoms. The summed E-state index contributed by atoms with van der Waals surface area (Å²) in [4.78, 5) is 15.5. The summed E-state index contributed by atoms with van der Waals surface area (Å²) in [5.41, 5.74) is 13.8. The van der Waals surface area contributed by atoms with Crippen LogP contribution in [-0.4, -0.2) is 15.0 Å². The summed E-state index contributed by atoms with van der Waals surface area (Å²) in [5, 5.41) is 2.68. The van der Waals surface area contributed by atoms with Crippen molar-refractivity contribution in [1.82, 2.24) is 15.0 Å². The van der Waals surface area contributed by atoms with Crippen molar-refractivity contribution in [1.29, 1.82) is 0 Å². The highest BCUT2D eigenvalue weighted by molar-refractivity contribution is 7.26. The molecule has 0 amide bonds. The van der Waals surface area contributed by atoms with Gasteiger partial charge in [0.15, 0.2) is 17.5 Å². The second kappa shape index (κ2) is 11.1. The number of hydrogen-bond acceptors (Lipinski definition) is 4. The quantitative estimate of drug-likeness (QED) is 0.186. The van der Waals surface area contributed by atoms with E-state index in [0.717, 1.165) is 35.4 Å². The average Bonchev–Trinajstić information content (AvgIpc) is 3.81. The molecule has 3 atom stereocenters. The van der Waals surface area contributed by atoms with Crippen molar-refractivity contribution in [2.45, 2.75) is 32.1 Å². The number of aromatic nitrogens is 3. The van der Waals surface area contributed by atoms with Gasteiger partial charge in [0, 0.05) is 36.9 Å². The van der Waals surface area contributed by atoms with Crippen LogP contribution in [0.3, 0.4) is 0 Å². The Morgan fingerprint density at radius 3 is 2.27 bits per heavy atom. The van der Waals surface area contributed by atoms with Crippen LogP contribution in [0.4, 0.5) is 0 Å². The standard InChI is InChI=1S/C48H35N3S/c1-28-11-10-14-31(25-28)46-49-45(30-12-4-3-5-13-30)50-47(51-46)32-20-22-34-33-21-19-29(2)26-40(33)48(41(34)27-32)38-17-8-6-16-37(38)43-39(48)24-23-36-35-15-7-9-18-42(35)52-44(36)43/h3-24,27-29H,25-26H2,1-2H3. The molecule has 2 heterocycles. The molecule has 0 saturated heterocycles. The van der Waals surface area contributed by atoms with E-state index >= 15 is 0 Å². The molecule has 4 aliphatic rings. The van der Waals surface area contributed by atoms with Crippen molar-refractivity contribution < 1.29 is 0 Å². The molecule has 0 fully saturated rings. The van der Waals surface area contributed by atoms with Crippen molar-refractivity contribution in [2.75, 3.05) is 0 Å². The Bertz CT molecular complexity index is 2780. The van der Waals surface area contributed by atoms with Crippen molar-refractivity contribution in [3.05, 3.63) is 173 Å². The van der Waals surface area contributed by atoms with Crippen LogP contribution in [0.25, 0.3) is 65.2 Å². The third kappa shape index (κ3) is 4.16. The first-order valence-electron chi connectivity index (χ1n) is 18.4. The zero-order valence-electron chi connectivity index (χ0n) is 29.1. The van der Waals surface area contributed by atoms with Crippen molar-refractivity contribution in [3.8, 4) is 33.9 Å². The minimum absolute atomic E-state index is 0.403. The molecule has 11 rings (SSSR count). The second-order valence-corrected chi connectivity index (χ2v) is 15.9. The number of benzene rings is 5. The van der Waals surface area contributed by atoms with Crippen LogP contribution in [0.15, 0.2) is 145 Å². The zero-order chi connectivity index (χ0) is 34.6. The van der Waals surface area contributed by atoms with Crippen molar-refractivity contribution >= 4 is 42.7 Å². The zero-order valence-corrected chi connectivity index (χ0v) is 29.9. The lowest BCUT2D eigenvalue weighted by Crippen LogP contribution is -2.28. The molecule has 4 heteroatoms. The van der Waals surface area contributed by atoms with E-state index in [9.17, 15) is 0 Å². The summed E-state index contributed by atoms with van der Waals surface area (Å²) in [6.07, 6.45) is 13.3. The number of fused-ring (bicyclic) bond motifs is 13. The molecule has 7 aromatic rings. The monoisotopic (exact) mass is 685 g/mol. The SMILES string of the molecule is CC1C=CC=C(c2nc(-c3ccccc3)nc(-c3ccc4c(c3)C3(C5=C4C=CC(C)C5)c4ccccc4-c4c3ccc3c4sc4ccccc43)n2)C1. The third-order valence-corrected chi connectivity index (χ3v) is 12.9. The number of hydrogen-bond donors (Lipinski definition) is 0. The molecule has 5 aromatic carbocycles. The fourth-order valence-corrected chi connectivity index (χ4v) is 10.7. The molecule has 52 heavy (non-hydrogen) atoms. The van der Waals surface area contributed by atoms with Gasteiger partial charge in [-0.25, -0.2) is 15.0 Å². The second-order valence-electron chi connectivity index (χ2n) is 14.9. The first kappa shape index (κ1) is 30.0. The fraction of sp³-hybridized carbons (Fsp3) is 0.146. The van der Waals surface area contributed by atoms with E-state index in [1.54, 1.807) is 0 Å². The fourth-order valence-electron chi connectivity index (χ4n) is 9.39. The lowest BCUT2D eigenvalue weighted by atomic mass is 9.67. The van der Waals surface area contributed by atoms with E-state index in [1.165, 1.54) is 64.7 Å². The van der Waals surface area contributed by atoms with Gasteiger partial charge in [0.1, 0.15) is 0 Å². The summed E-state index contributed by atoms with van der Waals surface area (Å²) in [7, 11) is 0. The molecular formula is C48H35N3S. The largest absolute Gasteiger partial charge is 0.209 e. The highest BCUT2D eigenvalue weighted by Gasteiger charge is 2.53. The van der Waals surface area contributed by atoms with Crippen LogP contribution in [0.1, 0.15) is 54.8 Å². The minimum Gasteiger partial charge on any atom is -0.209 e. The topological polar surface area (TPSA) is 38.7 Å². The van der Waals surface area contributed by atoms with Gasteiger partial charge >= 0.3 is 0 Å². The van der Waals surface area contributed by atoms with Gasteiger partial charge in [-0.15, -0.1) is 11.3 Å². The Morgan fingerprint density at radius 2 is 1.38 bits per heavy atom. The molecule has 3 unspecified atom stereocenters. The highest BCUT2D eigenvalue weighted by Crippen LogP contribution is 2.65. The summed E-state index contributed by atoms with van der Waals surface area (Å²) in [6.45, 7) is 4.60. The van der Waals surface area contributed by atoms with Gasteiger partial charge in [0.05, 0.1) is 5.41 Å². The molecule has 0 radical (unpaired) electrons. The number of thiophene rings is 1. The van der Waals surface area contributed by atoms with Crippen molar-refractivity contribution in [3.63, 3.8) is 0 Å². The molecule has 0 N–H and O–H groups in total. The van der Waals surface area contributed by atoms with Gasteiger partial charge in [0.25, 0.3) is 0 Å². The summed E-state index contributed by atoms with van der Waals surface area (Å²) in [5.74, 6) is 3.06. The Balaban J connectivity index is 1.19. The van der Waals surface area contributed by atoms with Crippen molar-refractivity contribution in [2.24, 2.45) is 11.8 Å². The Morgan fingerprint density at radius 1 is 0.615 bits per heavy atom. The number of nitrogens with zero attached hydrogens (tertiary/aromatic N) is 3. The summed E-state index contributed by atoms with van der Waals surface area (Å²) in [6, 6.07) is 40.2. The Labute approximate surface area is 307 Å². The van der Waals surface area contributed by atoms with Crippen LogP contribution in [-0.2, 0) is 5.41 Å². The molecular weight excluding hydrogens is 651 g/mol. The maximum atomic E-state index is 5.23. The summed E-state index contributed by atoms with van der Waals surface area (Å²) >= 11 is 1.93. The first-order valence-corrected chi connectivity index (χ1v) is 19.2. The minimum atomic E-state index is -0.403. The van der Waals surface area contributed by atoms with E-state index in [4.69, 9.17) is 15.0 Å². The van der Waals surface area contributed by atoms with Gasteiger partial charge < -0.3 is 0 Å². The smallest absolute Gasteiger partial charge is 0.164 e. The van der Waals surface area contributed by atoms with Gasteiger partial charge in [-0.05, 0) is 81.3 Å². The lowest BCUT2D eigenvalue weighted by Gasteiger charge is -2.34. The van der Waals surface area contributed by atoms with Crippen LogP contribution in [0, 0.1) is 11.8 Å². The molecule has 0 saturated carbocycles. The van der Waals surface area contributed by atoms with E-state index in [-0.39, 0.29) is 0 Å². The molecule has 2 aromatic heterocycles. The van der Waals surface area contributed by atoms with E-state index in [0.29, 0.717) is 23.5 Å². The predicted molar refractivity (Wildman–Crippen MR) is 216 cm³/mol. The maximum Gasteiger partial charge on any atom is 0.164 e. The van der Waals surface area contributed by atoms with Crippen LogP contribution in [0.5, 0.6) is 0 Å². The molecule has 3 nitrogen and oxygen atoms in total. The summed E-state index contributed by atoms with van der Waals surface area (Å²) < 4.78 is 2.72. The van der Waals surface area contributed by atoms with Crippen LogP contribution < -0.4 is 0 Å². The average molecular weight is 686 g/mol. The van der Waals surface area contributed by atoms with Gasteiger partial charge in [-0.2, -0.15) is 0 Å². The normalized spacial score (nSPS) is 21.1. The predicted octanol–water partition coefficient (Wildman–Crippen LogP) is 12.2.